The van der Waals surface area contributed by atoms with Gasteiger partial charge in [-0.15, -0.1) is 0 Å². The van der Waals surface area contributed by atoms with E-state index in [0.717, 1.165) is 24.3 Å². The van der Waals surface area contributed by atoms with E-state index in [2.05, 4.69) is 0 Å². The van der Waals surface area contributed by atoms with Crippen LogP contribution in [0.25, 0.3) is 0 Å². The molecule has 1 aromatic carbocycles. The smallest absolute Gasteiger partial charge is 0.0715 e. The Balaban J connectivity index is 0. The van der Waals surface area contributed by atoms with Crippen molar-refractivity contribution in [3.05, 3.63) is 35.4 Å². The summed E-state index contributed by atoms with van der Waals surface area (Å²) >= 11 is 0. The van der Waals surface area contributed by atoms with Crippen molar-refractivity contribution in [1.82, 2.24) is 0 Å². The van der Waals surface area contributed by atoms with E-state index in [1.165, 1.54) is 0 Å². The molecule has 0 amide bonds. The molecule has 78 valence electrons. The molecule has 0 saturated heterocycles. The van der Waals surface area contributed by atoms with Crippen LogP contribution < -0.4 is 35.0 Å². The molecule has 14 heavy (non-hydrogen) atoms. The molecule has 0 aliphatic carbocycles. The number of benzene rings is 1. The maximum Gasteiger partial charge on any atom is 0.0715 e. The third-order valence-electron chi connectivity index (χ3n) is 1.36. The summed E-state index contributed by atoms with van der Waals surface area (Å²) in [6, 6.07) is 4.61. The summed E-state index contributed by atoms with van der Waals surface area (Å²) in [6.45, 7) is 0. The summed E-state index contributed by atoms with van der Waals surface area (Å²) in [5, 5.41) is 20.4. The van der Waals surface area contributed by atoms with Gasteiger partial charge in [0, 0.05) is 0 Å². The quantitative estimate of drug-likeness (QED) is 0.510. The van der Waals surface area contributed by atoms with E-state index in [1.807, 2.05) is 0 Å². The van der Waals surface area contributed by atoms with Gasteiger partial charge >= 0.3 is 0 Å². The van der Waals surface area contributed by atoms with Gasteiger partial charge in [-0.05, 0) is 11.1 Å². The van der Waals surface area contributed by atoms with Crippen LogP contribution >= 0.6 is 0 Å². The highest BCUT2D eigenvalue weighted by Gasteiger charge is 1.94. The number of carbonyl (C=O) groups is 2. The normalized spacial score (nSPS) is 8.00. The summed E-state index contributed by atoms with van der Waals surface area (Å²) in [6.07, 6.45) is 0. The molecule has 0 fully saturated rings. The summed E-state index contributed by atoms with van der Waals surface area (Å²) < 4.78 is 0. The monoisotopic (exact) mass is 234 g/mol. The topological polar surface area (TPSA) is 80.3 Å². The van der Waals surface area contributed by atoms with Crippen molar-refractivity contribution in [2.24, 2.45) is 0 Å². The number of carbonyl (C=O) groups excluding carboxylic acids is 2. The van der Waals surface area contributed by atoms with Gasteiger partial charge in [-0.3, -0.25) is 0 Å². The first-order chi connectivity index (χ1) is 5.61. The van der Waals surface area contributed by atoms with Gasteiger partial charge in [0.15, 0.2) is 0 Å². The average Bonchev–Trinajstić information content (AvgIpc) is 2.04. The number of rotatable bonds is 2. The lowest BCUT2D eigenvalue weighted by molar-refractivity contribution is -0.256. The number of aromatic carboxylic acids is 2. The van der Waals surface area contributed by atoms with Crippen LogP contribution in [0.3, 0.4) is 0 Å². The first-order valence-corrected chi connectivity index (χ1v) is 3.14. The van der Waals surface area contributed by atoms with E-state index in [0.29, 0.717) is 0 Å². The van der Waals surface area contributed by atoms with Crippen molar-refractivity contribution in [1.29, 1.82) is 0 Å². The predicted octanol–water partition coefficient (Wildman–Crippen LogP) is -7.58. The van der Waals surface area contributed by atoms with Gasteiger partial charge in [-0.2, -0.15) is 0 Å². The Morgan fingerprint density at radius 1 is 0.786 bits per heavy atom. The van der Waals surface area contributed by atoms with E-state index in [9.17, 15) is 19.8 Å². The Kier molecular flexibility index (Phi) is 6.78. The van der Waals surface area contributed by atoms with Crippen LogP contribution in [0.4, 0.5) is 0 Å². The first kappa shape index (κ1) is 15.2. The summed E-state index contributed by atoms with van der Waals surface area (Å²) in [7, 11) is 0. The fourth-order valence-corrected chi connectivity index (χ4v) is 0.742. The van der Waals surface area contributed by atoms with E-state index < -0.39 is 11.9 Å². The minimum Gasteiger partial charge on any atom is -1.00 e. The van der Waals surface area contributed by atoms with Gasteiger partial charge in [0.2, 0.25) is 0 Å². The maximum atomic E-state index is 10.2. The average molecular weight is 235 g/mol. The highest BCUT2D eigenvalue weighted by Crippen LogP contribution is 2.01. The molecule has 0 radical (unpaired) electrons. The number of hydrogen-bond acceptors (Lipinski definition) is 4. The zero-order valence-corrected chi connectivity index (χ0v) is 8.21. The minimum atomic E-state index is -1.33. The van der Waals surface area contributed by atoms with Crippen molar-refractivity contribution in [3.8, 4) is 0 Å². The molecule has 0 saturated carbocycles. The summed E-state index contributed by atoms with van der Waals surface area (Å²) in [4.78, 5) is 20.4. The summed E-state index contributed by atoms with van der Waals surface area (Å²) in [5.41, 5.74) is -0.111. The fourth-order valence-electron chi connectivity index (χ4n) is 0.742. The van der Waals surface area contributed by atoms with Gasteiger partial charge in [-0.1, -0.05) is 24.3 Å². The van der Waals surface area contributed by atoms with Crippen LogP contribution in [0.15, 0.2) is 24.3 Å². The maximum absolute atomic E-state index is 10.2. The molecule has 0 heterocycles. The molecule has 0 aromatic heterocycles. The standard InChI is InChI=1S/C8H6O4.2ClH/c9-7(10)5-1-2-6(4-3-5)8(11)12;;/h1-4H,(H,9,10)(H,11,12);2*1H/p-4. The summed E-state index contributed by atoms with van der Waals surface area (Å²) in [5.74, 6) is -2.67. The third-order valence-corrected chi connectivity index (χ3v) is 1.36. The molecule has 1 rings (SSSR count). The number of hydrogen-bond donors (Lipinski definition) is 0. The highest BCUT2D eigenvalue weighted by atomic mass is 35.5. The first-order valence-electron chi connectivity index (χ1n) is 3.14. The van der Waals surface area contributed by atoms with Crippen LogP contribution in [-0.4, -0.2) is 11.9 Å². The van der Waals surface area contributed by atoms with Gasteiger partial charge in [-0.25, -0.2) is 0 Å². The van der Waals surface area contributed by atoms with Gasteiger partial charge in [0.25, 0.3) is 0 Å². The van der Waals surface area contributed by atoms with E-state index in [-0.39, 0.29) is 35.9 Å². The Bertz CT molecular complexity index is 288. The molecule has 0 spiro atoms. The number of halogens is 2. The molecule has 6 heteroatoms. The van der Waals surface area contributed by atoms with Crippen LogP contribution in [0.2, 0.25) is 0 Å². The zero-order valence-electron chi connectivity index (χ0n) is 6.70. The van der Waals surface area contributed by atoms with Crippen molar-refractivity contribution in [2.45, 2.75) is 0 Å². The van der Waals surface area contributed by atoms with Crippen molar-refractivity contribution in [3.63, 3.8) is 0 Å². The van der Waals surface area contributed by atoms with Gasteiger partial charge in [0.05, 0.1) is 11.9 Å². The van der Waals surface area contributed by atoms with Gasteiger partial charge < -0.3 is 44.6 Å². The van der Waals surface area contributed by atoms with E-state index >= 15 is 0 Å². The Morgan fingerprint density at radius 2 is 1.00 bits per heavy atom. The molecule has 0 bridgehead atoms. The minimum absolute atomic E-state index is 0. The SMILES string of the molecule is O=C([O-])c1ccc(C(=O)[O-])cc1.[Cl-].[Cl-]. The fraction of sp³-hybridized carbons (Fsp3) is 0. The number of carboxylic acids is 2. The Hall–Kier alpha value is -1.26. The van der Waals surface area contributed by atoms with E-state index in [1.54, 1.807) is 0 Å². The van der Waals surface area contributed by atoms with Gasteiger partial charge in [0.1, 0.15) is 0 Å². The van der Waals surface area contributed by atoms with Crippen LogP contribution in [-0.2, 0) is 0 Å². The second kappa shape index (κ2) is 6.23. The zero-order chi connectivity index (χ0) is 9.14. The molecular formula is C8H4Cl2O4-4. The van der Waals surface area contributed by atoms with Crippen molar-refractivity contribution >= 4 is 11.9 Å². The lowest BCUT2D eigenvalue weighted by atomic mass is 10.1. The number of carboxylic acid groups (broad SMARTS) is 2. The van der Waals surface area contributed by atoms with Crippen molar-refractivity contribution in [2.75, 3.05) is 0 Å². The lowest BCUT2D eigenvalue weighted by Gasteiger charge is -2.04. The Labute approximate surface area is 92.4 Å². The molecule has 0 N–H and O–H groups in total. The molecular weight excluding hydrogens is 231 g/mol. The van der Waals surface area contributed by atoms with Crippen molar-refractivity contribution < 1.29 is 44.6 Å². The van der Waals surface area contributed by atoms with E-state index in [4.69, 9.17) is 0 Å². The largest absolute Gasteiger partial charge is 1.00 e. The predicted molar refractivity (Wildman–Crippen MR) is 35.1 cm³/mol. The van der Waals surface area contributed by atoms with Crippen LogP contribution in [0, 0.1) is 0 Å². The molecule has 0 aliphatic heterocycles. The molecule has 4 nitrogen and oxygen atoms in total. The molecule has 0 aliphatic rings. The second-order valence-electron chi connectivity index (χ2n) is 2.15. The van der Waals surface area contributed by atoms with Crippen LogP contribution in [0.5, 0.6) is 0 Å². The Morgan fingerprint density at radius 3 is 1.14 bits per heavy atom. The molecule has 0 unspecified atom stereocenters. The van der Waals surface area contributed by atoms with Crippen LogP contribution in [0.1, 0.15) is 20.7 Å². The second-order valence-corrected chi connectivity index (χ2v) is 2.15. The third kappa shape index (κ3) is 3.64. The molecule has 1 aromatic rings. The lowest BCUT2D eigenvalue weighted by Crippen LogP contribution is -3.00. The highest BCUT2D eigenvalue weighted by molar-refractivity contribution is 5.89. The molecule has 0 atom stereocenters.